The van der Waals surface area contributed by atoms with Crippen molar-refractivity contribution in [3.8, 4) is 10.4 Å². The van der Waals surface area contributed by atoms with E-state index in [1.807, 2.05) is 25.4 Å². The van der Waals surface area contributed by atoms with Crippen molar-refractivity contribution in [1.82, 2.24) is 19.2 Å². The zero-order chi connectivity index (χ0) is 20.5. The van der Waals surface area contributed by atoms with Crippen LogP contribution in [0.25, 0.3) is 10.4 Å². The first-order chi connectivity index (χ1) is 13.9. The van der Waals surface area contributed by atoms with Crippen molar-refractivity contribution in [3.63, 3.8) is 0 Å². The molecule has 7 nitrogen and oxygen atoms in total. The lowest BCUT2D eigenvalue weighted by Crippen LogP contribution is -2.55. The predicted molar refractivity (Wildman–Crippen MR) is 112 cm³/mol. The zero-order valence-electron chi connectivity index (χ0n) is 15.2. The number of nitrogens with one attached hydrogen (secondary N) is 3. The molecule has 0 saturated carbocycles. The molecule has 0 bridgehead atoms. The second kappa shape index (κ2) is 8.42. The van der Waals surface area contributed by atoms with Crippen LogP contribution in [0.4, 0.5) is 10.1 Å². The molecule has 4 rings (SSSR count). The lowest BCUT2D eigenvalue weighted by molar-refractivity contribution is -0.118. The van der Waals surface area contributed by atoms with Crippen LogP contribution in [0.2, 0.25) is 5.02 Å². The monoisotopic (exact) mass is 453 g/mol. The van der Waals surface area contributed by atoms with Gasteiger partial charge in [-0.3, -0.25) is 9.48 Å². The number of carbonyl (C=O) groups excluding carboxylic acids is 1. The topological polar surface area (TPSA) is 94.0 Å². The highest BCUT2D eigenvalue weighted by Gasteiger charge is 2.36. The SMILES string of the molecule is Cn1cc(-c2ccc(C3CC(C(=O)Nc4ccc(F)c(Cl)c4)N[S+]([O-])N3)s2)cn1. The van der Waals surface area contributed by atoms with Gasteiger partial charge in [0.05, 0.1) is 17.3 Å². The largest absolute Gasteiger partial charge is 0.579 e. The molecular weight excluding hydrogens is 437 g/mol. The van der Waals surface area contributed by atoms with Gasteiger partial charge in [0.25, 0.3) is 0 Å². The molecule has 0 aliphatic carbocycles. The van der Waals surface area contributed by atoms with Crippen LogP contribution < -0.4 is 14.8 Å². The van der Waals surface area contributed by atoms with Gasteiger partial charge in [0.15, 0.2) is 0 Å². The highest BCUT2D eigenvalue weighted by molar-refractivity contribution is 7.87. The number of halogens is 2. The minimum Gasteiger partial charge on any atom is -0.579 e. The number of carbonyl (C=O) groups is 1. The van der Waals surface area contributed by atoms with Crippen LogP contribution in [0.1, 0.15) is 17.3 Å². The Hall–Kier alpha value is -1.95. The minimum atomic E-state index is -1.58. The maximum Gasteiger partial charge on any atom is 0.246 e. The first-order valence-corrected chi connectivity index (χ1v) is 11.0. The number of hydrogen-bond acceptors (Lipinski definition) is 6. The van der Waals surface area contributed by atoms with E-state index in [4.69, 9.17) is 11.6 Å². The van der Waals surface area contributed by atoms with Gasteiger partial charge in [0, 0.05) is 40.7 Å². The standard InChI is InChI=1S/C18H17ClFN5O2S2/c1-25-9-10(8-21-25)16-4-5-17(28-16)14-7-15(24-29(27)23-14)18(26)22-11-2-3-13(20)12(19)6-11/h2-6,8-9,14-15,23-24H,7H2,1H3,(H,22,26). The lowest BCUT2D eigenvalue weighted by atomic mass is 10.1. The van der Waals surface area contributed by atoms with E-state index in [0.717, 1.165) is 15.3 Å². The third kappa shape index (κ3) is 4.63. The molecule has 3 atom stereocenters. The molecule has 0 radical (unpaired) electrons. The van der Waals surface area contributed by atoms with Gasteiger partial charge in [0.1, 0.15) is 23.4 Å². The maximum absolute atomic E-state index is 13.3. The third-order valence-electron chi connectivity index (χ3n) is 4.43. The predicted octanol–water partition coefficient (Wildman–Crippen LogP) is 3.15. The fraction of sp³-hybridized carbons (Fsp3) is 0.222. The summed E-state index contributed by atoms with van der Waals surface area (Å²) in [5.41, 5.74) is 1.38. The highest BCUT2D eigenvalue weighted by Crippen LogP contribution is 2.34. The Balaban J connectivity index is 1.47. The fourth-order valence-electron chi connectivity index (χ4n) is 3.01. The Morgan fingerprint density at radius 1 is 1.41 bits per heavy atom. The molecule has 3 aromatic rings. The summed E-state index contributed by atoms with van der Waals surface area (Å²) in [6.07, 6.45) is 4.11. The van der Waals surface area contributed by atoms with Crippen LogP contribution in [0.3, 0.4) is 0 Å². The van der Waals surface area contributed by atoms with E-state index in [-0.39, 0.29) is 17.0 Å². The first-order valence-electron chi connectivity index (χ1n) is 8.68. The molecule has 1 fully saturated rings. The van der Waals surface area contributed by atoms with Crippen LogP contribution in [0, 0.1) is 5.82 Å². The molecule has 1 saturated heterocycles. The number of anilines is 1. The number of rotatable bonds is 4. The number of aryl methyl sites for hydroxylation is 1. The summed E-state index contributed by atoms with van der Waals surface area (Å²) >= 11 is 5.74. The number of nitrogens with zero attached hydrogens (tertiary/aromatic N) is 2. The Bertz CT molecular complexity index is 1040. The van der Waals surface area contributed by atoms with E-state index in [1.54, 1.807) is 22.2 Å². The normalized spacial score (nSPS) is 21.9. The van der Waals surface area contributed by atoms with Gasteiger partial charge >= 0.3 is 0 Å². The summed E-state index contributed by atoms with van der Waals surface area (Å²) < 4.78 is 33.0. The summed E-state index contributed by atoms with van der Waals surface area (Å²) in [5.74, 6) is -0.926. The van der Waals surface area contributed by atoms with Crippen LogP contribution in [0.5, 0.6) is 0 Å². The maximum atomic E-state index is 13.3. The number of benzene rings is 1. The van der Waals surface area contributed by atoms with E-state index in [1.165, 1.54) is 18.2 Å². The van der Waals surface area contributed by atoms with E-state index >= 15 is 0 Å². The quantitative estimate of drug-likeness (QED) is 0.527. The Morgan fingerprint density at radius 2 is 2.24 bits per heavy atom. The second-order valence-corrected chi connectivity index (χ2v) is 9.10. The van der Waals surface area contributed by atoms with Crippen LogP contribution in [-0.2, 0) is 23.4 Å². The van der Waals surface area contributed by atoms with Gasteiger partial charge in [-0.2, -0.15) is 5.10 Å². The number of aromatic nitrogens is 2. The van der Waals surface area contributed by atoms with Crippen molar-refractivity contribution in [1.29, 1.82) is 0 Å². The lowest BCUT2D eigenvalue weighted by Gasteiger charge is -2.29. The molecule has 3 heterocycles. The van der Waals surface area contributed by atoms with E-state index in [2.05, 4.69) is 19.9 Å². The molecule has 1 aliphatic heterocycles. The molecule has 29 heavy (non-hydrogen) atoms. The smallest absolute Gasteiger partial charge is 0.246 e. The molecular formula is C18H17ClFN5O2S2. The summed E-state index contributed by atoms with van der Waals surface area (Å²) in [6.45, 7) is 0. The second-order valence-electron chi connectivity index (χ2n) is 6.57. The Kier molecular flexibility index (Phi) is 5.91. The van der Waals surface area contributed by atoms with Crippen molar-refractivity contribution in [2.24, 2.45) is 7.05 Å². The molecule has 3 N–H and O–H groups in total. The van der Waals surface area contributed by atoms with Crippen molar-refractivity contribution in [2.75, 3.05) is 5.32 Å². The van der Waals surface area contributed by atoms with Gasteiger partial charge in [-0.15, -0.1) is 20.8 Å². The summed E-state index contributed by atoms with van der Waals surface area (Å²) in [6, 6.07) is 6.95. The van der Waals surface area contributed by atoms with E-state index in [0.29, 0.717) is 12.1 Å². The molecule has 11 heteroatoms. The van der Waals surface area contributed by atoms with Gasteiger partial charge in [-0.1, -0.05) is 11.6 Å². The first kappa shape index (κ1) is 20.3. The highest BCUT2D eigenvalue weighted by atomic mass is 35.5. The molecule has 1 amide bonds. The molecule has 2 aromatic heterocycles. The van der Waals surface area contributed by atoms with Gasteiger partial charge in [-0.05, 0) is 30.3 Å². The summed E-state index contributed by atoms with van der Waals surface area (Å²) in [4.78, 5) is 14.7. The molecule has 1 aromatic carbocycles. The van der Waals surface area contributed by atoms with Gasteiger partial charge in [-0.25, -0.2) is 4.39 Å². The van der Waals surface area contributed by atoms with Crippen molar-refractivity contribution >= 4 is 46.1 Å². The summed E-state index contributed by atoms with van der Waals surface area (Å²) in [5, 5.41) is 6.78. The Morgan fingerprint density at radius 3 is 2.97 bits per heavy atom. The number of thiophene rings is 1. The van der Waals surface area contributed by atoms with E-state index < -0.39 is 23.4 Å². The van der Waals surface area contributed by atoms with Crippen LogP contribution >= 0.6 is 22.9 Å². The number of amides is 1. The van der Waals surface area contributed by atoms with Crippen molar-refractivity contribution in [3.05, 3.63) is 58.4 Å². The van der Waals surface area contributed by atoms with Gasteiger partial charge < -0.3 is 9.87 Å². The van der Waals surface area contributed by atoms with Crippen molar-refractivity contribution < 1.29 is 13.7 Å². The van der Waals surface area contributed by atoms with Crippen LogP contribution in [-0.4, -0.2) is 26.3 Å². The van der Waals surface area contributed by atoms with Gasteiger partial charge in [0.2, 0.25) is 5.91 Å². The zero-order valence-corrected chi connectivity index (χ0v) is 17.6. The van der Waals surface area contributed by atoms with E-state index in [9.17, 15) is 13.7 Å². The number of hydrogen-bond donors (Lipinski definition) is 3. The minimum absolute atomic E-state index is 0.0796. The molecule has 1 aliphatic rings. The molecule has 0 spiro atoms. The Labute approximate surface area is 178 Å². The van der Waals surface area contributed by atoms with Crippen molar-refractivity contribution in [2.45, 2.75) is 18.5 Å². The third-order valence-corrected chi connectivity index (χ3v) is 6.97. The molecule has 3 unspecified atom stereocenters. The average molecular weight is 454 g/mol. The van der Waals surface area contributed by atoms with Crippen LogP contribution in [0.15, 0.2) is 42.7 Å². The fourth-order valence-corrected chi connectivity index (χ4v) is 5.32. The average Bonchev–Trinajstić information content (AvgIpc) is 3.33. The summed E-state index contributed by atoms with van der Waals surface area (Å²) in [7, 11) is 1.85. The molecule has 152 valence electrons.